The molecule has 0 saturated carbocycles. The van der Waals surface area contributed by atoms with Gasteiger partial charge in [0.05, 0.1) is 5.69 Å². The molecule has 2 N–H and O–H groups in total. The number of nitrogens with zero attached hydrogens (tertiary/aromatic N) is 2. The molecule has 0 fully saturated rings. The van der Waals surface area contributed by atoms with Gasteiger partial charge in [-0.1, -0.05) is 97.1 Å². The second kappa shape index (κ2) is 12.4. The van der Waals surface area contributed by atoms with Gasteiger partial charge in [0.15, 0.2) is 5.69 Å². The lowest BCUT2D eigenvalue weighted by atomic mass is 10.0. The summed E-state index contributed by atoms with van der Waals surface area (Å²) in [5, 5.41) is 16.4. The third kappa shape index (κ3) is 6.54. The van der Waals surface area contributed by atoms with Crippen LogP contribution in [-0.4, -0.2) is 26.8 Å². The average molecular weight is 534 g/mol. The van der Waals surface area contributed by atoms with Crippen LogP contribution >= 0.6 is 0 Å². The monoisotopic (exact) mass is 533 g/mol. The zero-order valence-corrected chi connectivity index (χ0v) is 21.6. The summed E-state index contributed by atoms with van der Waals surface area (Å²) in [5.41, 5.74) is 4.22. The number of carboxylic acid groups (broad SMARTS) is 1. The van der Waals surface area contributed by atoms with Crippen LogP contribution in [0, 0.1) is 0 Å². The van der Waals surface area contributed by atoms with E-state index < -0.39 is 11.9 Å². The van der Waals surface area contributed by atoms with Crippen molar-refractivity contribution >= 4 is 17.6 Å². The summed E-state index contributed by atoms with van der Waals surface area (Å²) < 4.78 is 13.2. The predicted molar refractivity (Wildman–Crippen MR) is 151 cm³/mol. The van der Waals surface area contributed by atoms with E-state index in [-0.39, 0.29) is 24.7 Å². The first-order valence-electron chi connectivity index (χ1n) is 12.7. The first kappa shape index (κ1) is 26.2. The summed E-state index contributed by atoms with van der Waals surface area (Å²) in [6.07, 6.45) is 0. The maximum absolute atomic E-state index is 13.0. The molecule has 0 radical (unpaired) electrons. The number of nitrogens with one attached hydrogen (secondary N) is 1. The predicted octanol–water partition coefficient (Wildman–Crippen LogP) is 6.05. The average Bonchev–Trinajstić information content (AvgIpc) is 3.39. The number of rotatable bonds is 11. The zero-order valence-electron chi connectivity index (χ0n) is 21.6. The van der Waals surface area contributed by atoms with Crippen LogP contribution in [-0.2, 0) is 24.6 Å². The van der Waals surface area contributed by atoms with E-state index in [1.807, 2.05) is 91.0 Å². The third-order valence-electron chi connectivity index (χ3n) is 6.13. The lowest BCUT2D eigenvalue weighted by Crippen LogP contribution is -2.21. The number of ether oxygens (including phenoxy) is 2. The third-order valence-corrected chi connectivity index (χ3v) is 6.13. The van der Waals surface area contributed by atoms with E-state index >= 15 is 0 Å². The Morgan fingerprint density at radius 3 is 2.23 bits per heavy atom. The molecule has 0 spiro atoms. The summed E-state index contributed by atoms with van der Waals surface area (Å²) >= 11 is 0. The van der Waals surface area contributed by atoms with E-state index in [0.717, 1.165) is 22.3 Å². The number of para-hydroxylation sites is 2. The molecule has 200 valence electrons. The molecule has 0 aliphatic rings. The van der Waals surface area contributed by atoms with Crippen molar-refractivity contribution in [1.82, 2.24) is 9.78 Å². The molecule has 4 aromatic carbocycles. The molecule has 0 aliphatic carbocycles. The van der Waals surface area contributed by atoms with Crippen molar-refractivity contribution in [2.75, 3.05) is 5.32 Å². The van der Waals surface area contributed by atoms with Crippen molar-refractivity contribution in [2.45, 2.75) is 19.8 Å². The van der Waals surface area contributed by atoms with E-state index in [0.29, 0.717) is 18.0 Å². The van der Waals surface area contributed by atoms with Gasteiger partial charge in [0.1, 0.15) is 25.5 Å². The Bertz CT molecular complexity index is 1600. The van der Waals surface area contributed by atoms with Crippen LogP contribution in [0.4, 0.5) is 5.69 Å². The minimum absolute atomic E-state index is 0.160. The molecule has 1 amide bonds. The fraction of sp³-hybridized carbons (Fsp3) is 0.0938. The summed E-state index contributed by atoms with van der Waals surface area (Å²) in [6, 6.07) is 35.9. The molecule has 8 heteroatoms. The minimum Gasteiger partial charge on any atom is -0.487 e. The molecule has 0 atom stereocenters. The topological polar surface area (TPSA) is 103 Å². The highest BCUT2D eigenvalue weighted by Crippen LogP contribution is 2.27. The largest absolute Gasteiger partial charge is 0.487 e. The standard InChI is InChI=1S/C32H27N3O5/c36-30(33-27-17-9-10-18-29(27)39-21-23-11-3-1-4-12-23)20-35-31(19-28(34-35)32(37)38)40-22-25-15-7-8-16-26(25)24-13-5-2-6-14-24/h1-19H,20-22H2,(H,33,36)(H,37,38). The van der Waals surface area contributed by atoms with Crippen LogP contribution in [0.15, 0.2) is 115 Å². The SMILES string of the molecule is O=C(Cn1nc(C(=O)O)cc1OCc1ccccc1-c1ccccc1)Nc1ccccc1OCc1ccccc1. The Morgan fingerprint density at radius 2 is 1.45 bits per heavy atom. The number of benzene rings is 4. The van der Waals surface area contributed by atoms with Gasteiger partial charge in [-0.3, -0.25) is 4.79 Å². The van der Waals surface area contributed by atoms with Crippen LogP contribution < -0.4 is 14.8 Å². The quantitative estimate of drug-likeness (QED) is 0.214. The molecule has 8 nitrogen and oxygen atoms in total. The maximum atomic E-state index is 13.0. The summed E-state index contributed by atoms with van der Waals surface area (Å²) in [4.78, 5) is 24.7. The minimum atomic E-state index is -1.21. The fourth-order valence-electron chi connectivity index (χ4n) is 4.19. The molecule has 0 unspecified atom stereocenters. The number of aromatic nitrogens is 2. The van der Waals surface area contributed by atoms with Gasteiger partial charge in [-0.05, 0) is 34.4 Å². The van der Waals surface area contributed by atoms with Gasteiger partial charge in [-0.15, -0.1) is 0 Å². The molecule has 0 aliphatic heterocycles. The summed E-state index contributed by atoms with van der Waals surface area (Å²) in [5.74, 6) is -0.942. The van der Waals surface area contributed by atoms with Crippen LogP contribution in [0.5, 0.6) is 11.6 Å². The van der Waals surface area contributed by atoms with Gasteiger partial charge in [0.2, 0.25) is 11.8 Å². The van der Waals surface area contributed by atoms with Crippen molar-refractivity contribution in [2.24, 2.45) is 0 Å². The molecule has 1 heterocycles. The molecular formula is C32H27N3O5. The molecule has 0 bridgehead atoms. The van der Waals surface area contributed by atoms with Gasteiger partial charge in [0, 0.05) is 6.07 Å². The zero-order chi connectivity index (χ0) is 27.7. The molecular weight excluding hydrogens is 506 g/mol. The Kier molecular flexibility index (Phi) is 8.17. The smallest absolute Gasteiger partial charge is 0.356 e. The van der Waals surface area contributed by atoms with Crippen molar-refractivity contribution < 1.29 is 24.2 Å². The Hall–Kier alpha value is -5.37. The highest BCUT2D eigenvalue weighted by Gasteiger charge is 2.18. The van der Waals surface area contributed by atoms with Gasteiger partial charge in [0.25, 0.3) is 0 Å². The highest BCUT2D eigenvalue weighted by molar-refractivity contribution is 5.92. The lowest BCUT2D eigenvalue weighted by molar-refractivity contribution is -0.117. The summed E-state index contributed by atoms with van der Waals surface area (Å²) in [6.45, 7) is 0.251. The summed E-state index contributed by atoms with van der Waals surface area (Å²) in [7, 11) is 0. The number of carboxylic acids is 1. The van der Waals surface area contributed by atoms with Crippen LogP contribution in [0.25, 0.3) is 11.1 Å². The highest BCUT2D eigenvalue weighted by atomic mass is 16.5. The van der Waals surface area contributed by atoms with Gasteiger partial charge in [-0.2, -0.15) is 5.10 Å². The number of carbonyl (C=O) groups excluding carboxylic acids is 1. The molecule has 0 saturated heterocycles. The normalized spacial score (nSPS) is 10.6. The molecule has 5 rings (SSSR count). The van der Waals surface area contributed by atoms with Crippen molar-refractivity contribution in [3.63, 3.8) is 0 Å². The maximum Gasteiger partial charge on any atom is 0.356 e. The van der Waals surface area contributed by atoms with E-state index in [1.165, 1.54) is 10.7 Å². The van der Waals surface area contributed by atoms with Gasteiger partial charge in [-0.25, -0.2) is 9.48 Å². The lowest BCUT2D eigenvalue weighted by Gasteiger charge is -2.14. The second-order valence-corrected chi connectivity index (χ2v) is 8.96. The number of carbonyl (C=O) groups is 2. The Balaban J connectivity index is 1.30. The van der Waals surface area contributed by atoms with E-state index in [1.54, 1.807) is 18.2 Å². The van der Waals surface area contributed by atoms with Gasteiger partial charge < -0.3 is 19.9 Å². The number of hydrogen-bond donors (Lipinski definition) is 2. The fourth-order valence-corrected chi connectivity index (χ4v) is 4.19. The molecule has 1 aromatic heterocycles. The van der Waals surface area contributed by atoms with Crippen LogP contribution in [0.1, 0.15) is 21.6 Å². The second-order valence-electron chi connectivity index (χ2n) is 8.96. The van der Waals surface area contributed by atoms with Crippen LogP contribution in [0.3, 0.4) is 0 Å². The van der Waals surface area contributed by atoms with Crippen molar-refractivity contribution in [1.29, 1.82) is 0 Å². The van der Waals surface area contributed by atoms with Crippen LogP contribution in [0.2, 0.25) is 0 Å². The Morgan fingerprint density at radius 1 is 0.775 bits per heavy atom. The Labute approximate surface area is 231 Å². The number of anilines is 1. The number of amides is 1. The number of aromatic carboxylic acids is 1. The number of hydrogen-bond acceptors (Lipinski definition) is 5. The van der Waals surface area contributed by atoms with Crippen molar-refractivity contribution in [3.05, 3.63) is 132 Å². The van der Waals surface area contributed by atoms with Crippen molar-refractivity contribution in [3.8, 4) is 22.8 Å². The van der Waals surface area contributed by atoms with E-state index in [9.17, 15) is 14.7 Å². The first-order chi connectivity index (χ1) is 19.6. The molecule has 40 heavy (non-hydrogen) atoms. The first-order valence-corrected chi connectivity index (χ1v) is 12.7. The van der Waals surface area contributed by atoms with E-state index in [4.69, 9.17) is 9.47 Å². The van der Waals surface area contributed by atoms with Gasteiger partial charge >= 0.3 is 5.97 Å². The van der Waals surface area contributed by atoms with E-state index in [2.05, 4.69) is 10.4 Å². The molecule has 5 aromatic rings.